The summed E-state index contributed by atoms with van der Waals surface area (Å²) < 4.78 is 31.6. The number of carbonyl (C=O) groups is 1. The van der Waals surface area contributed by atoms with Gasteiger partial charge in [-0.1, -0.05) is 0 Å². The smallest absolute Gasteiger partial charge is 0.254 e. The third-order valence-corrected chi connectivity index (χ3v) is 3.99. The highest BCUT2D eigenvalue weighted by atomic mass is 35.5. The monoisotopic (exact) mass is 368 g/mol. The highest BCUT2D eigenvalue weighted by Crippen LogP contribution is 2.24. The third-order valence-electron chi connectivity index (χ3n) is 3.99. The molecule has 1 heterocycles. The fraction of sp³-hybridized carbons (Fsp3) is 0.278. The average Bonchev–Trinajstić information content (AvgIpc) is 2.59. The number of carbonyl (C=O) groups excluding carboxylic acids is 1. The fourth-order valence-corrected chi connectivity index (χ4v) is 2.65. The Morgan fingerprint density at radius 3 is 2.44 bits per heavy atom. The molecule has 1 N–H and O–H groups in total. The van der Waals surface area contributed by atoms with Crippen LogP contribution in [-0.2, 0) is 0 Å². The molecule has 3 rings (SSSR count). The normalized spacial score (nSPS) is 16.9. The van der Waals surface area contributed by atoms with Crippen LogP contribution in [0.15, 0.2) is 42.5 Å². The van der Waals surface area contributed by atoms with Crippen molar-refractivity contribution in [1.29, 1.82) is 0 Å². The van der Waals surface area contributed by atoms with Crippen LogP contribution in [0.4, 0.5) is 8.78 Å². The summed E-state index contributed by atoms with van der Waals surface area (Å²) in [6.45, 7) is 4.24. The zero-order chi connectivity index (χ0) is 17.1. The summed E-state index contributed by atoms with van der Waals surface area (Å²) in [5.74, 6) is -1.27. The molecule has 1 atom stereocenters. The van der Waals surface area contributed by atoms with E-state index in [0.717, 1.165) is 25.2 Å². The van der Waals surface area contributed by atoms with Gasteiger partial charge in [0.15, 0.2) is 11.6 Å². The number of ether oxygens (including phenoxy) is 1. The maximum atomic E-state index is 13.2. The summed E-state index contributed by atoms with van der Waals surface area (Å²) >= 11 is 0. The predicted molar refractivity (Wildman–Crippen MR) is 93.5 cm³/mol. The zero-order valence-corrected chi connectivity index (χ0v) is 14.5. The molecule has 1 unspecified atom stereocenters. The lowest BCUT2D eigenvalue weighted by molar-refractivity contribution is 0.0656. The second-order valence-electron chi connectivity index (χ2n) is 5.75. The zero-order valence-electron chi connectivity index (χ0n) is 13.7. The quantitative estimate of drug-likeness (QED) is 0.899. The minimum Gasteiger partial charge on any atom is -0.457 e. The highest BCUT2D eigenvalue weighted by molar-refractivity contribution is 5.94. The van der Waals surface area contributed by atoms with E-state index in [4.69, 9.17) is 4.74 Å². The number of rotatable bonds is 3. The van der Waals surface area contributed by atoms with Crippen LogP contribution in [0.1, 0.15) is 17.3 Å². The van der Waals surface area contributed by atoms with E-state index in [1.54, 1.807) is 24.3 Å². The lowest BCUT2D eigenvalue weighted by Gasteiger charge is -2.34. The van der Waals surface area contributed by atoms with Crippen LogP contribution in [0.5, 0.6) is 11.5 Å². The Labute approximate surface area is 151 Å². The van der Waals surface area contributed by atoms with Crippen LogP contribution >= 0.6 is 12.4 Å². The molecule has 0 aromatic heterocycles. The number of nitrogens with one attached hydrogen (secondary N) is 1. The second kappa shape index (κ2) is 8.27. The first kappa shape index (κ1) is 19.1. The molecule has 0 bridgehead atoms. The topological polar surface area (TPSA) is 41.6 Å². The Hall–Kier alpha value is -2.18. The van der Waals surface area contributed by atoms with E-state index in [-0.39, 0.29) is 30.1 Å². The lowest BCUT2D eigenvalue weighted by atomic mass is 10.1. The van der Waals surface area contributed by atoms with E-state index < -0.39 is 11.6 Å². The molecule has 134 valence electrons. The number of amides is 1. The summed E-state index contributed by atoms with van der Waals surface area (Å²) in [4.78, 5) is 14.4. The first-order valence-electron chi connectivity index (χ1n) is 7.79. The van der Waals surface area contributed by atoms with E-state index >= 15 is 0 Å². The van der Waals surface area contributed by atoms with Gasteiger partial charge in [-0.2, -0.15) is 0 Å². The van der Waals surface area contributed by atoms with Crippen molar-refractivity contribution in [3.8, 4) is 11.5 Å². The van der Waals surface area contributed by atoms with Gasteiger partial charge in [-0.05, 0) is 43.3 Å². The molecular weight excluding hydrogens is 350 g/mol. The van der Waals surface area contributed by atoms with Crippen LogP contribution in [0, 0.1) is 11.6 Å². The molecule has 1 aliphatic heterocycles. The van der Waals surface area contributed by atoms with Gasteiger partial charge < -0.3 is 15.0 Å². The van der Waals surface area contributed by atoms with Crippen LogP contribution < -0.4 is 10.1 Å². The third kappa shape index (κ3) is 4.46. The van der Waals surface area contributed by atoms with Crippen molar-refractivity contribution in [2.75, 3.05) is 19.6 Å². The molecule has 1 fully saturated rings. The van der Waals surface area contributed by atoms with Crippen molar-refractivity contribution in [3.63, 3.8) is 0 Å². The van der Waals surface area contributed by atoms with Crippen molar-refractivity contribution < 1.29 is 18.3 Å². The molecule has 2 aromatic carbocycles. The van der Waals surface area contributed by atoms with Gasteiger partial charge in [-0.15, -0.1) is 12.4 Å². The molecule has 0 spiro atoms. The Bertz CT molecular complexity index is 740. The Morgan fingerprint density at radius 1 is 1.12 bits per heavy atom. The van der Waals surface area contributed by atoms with Crippen molar-refractivity contribution in [1.82, 2.24) is 10.2 Å². The van der Waals surface area contributed by atoms with Gasteiger partial charge in [0.25, 0.3) is 5.91 Å². The standard InChI is InChI=1S/C18H18F2N2O2.ClH/c1-12-11-21-8-9-22(12)18(23)13-2-4-14(5-3-13)24-15-6-7-16(19)17(20)10-15;/h2-7,10,12,21H,8-9,11H2,1H3;1H. The van der Waals surface area contributed by atoms with Crippen molar-refractivity contribution in [2.45, 2.75) is 13.0 Å². The molecule has 0 aliphatic carbocycles. The summed E-state index contributed by atoms with van der Waals surface area (Å²) in [5.41, 5.74) is 0.571. The molecule has 0 radical (unpaired) electrons. The van der Waals surface area contributed by atoms with Gasteiger partial charge in [0.1, 0.15) is 11.5 Å². The number of benzene rings is 2. The van der Waals surface area contributed by atoms with Gasteiger partial charge in [-0.25, -0.2) is 8.78 Å². The van der Waals surface area contributed by atoms with Gasteiger partial charge >= 0.3 is 0 Å². The largest absolute Gasteiger partial charge is 0.457 e. The average molecular weight is 369 g/mol. The van der Waals surface area contributed by atoms with E-state index in [1.165, 1.54) is 6.07 Å². The van der Waals surface area contributed by atoms with Gasteiger partial charge in [0.05, 0.1) is 0 Å². The molecule has 1 amide bonds. The summed E-state index contributed by atoms with van der Waals surface area (Å²) in [5, 5.41) is 3.24. The van der Waals surface area contributed by atoms with Crippen LogP contribution in [-0.4, -0.2) is 36.5 Å². The number of halogens is 3. The Balaban J connectivity index is 0.00000225. The van der Waals surface area contributed by atoms with E-state index in [0.29, 0.717) is 17.9 Å². The van der Waals surface area contributed by atoms with Crippen LogP contribution in [0.3, 0.4) is 0 Å². The van der Waals surface area contributed by atoms with Crippen molar-refractivity contribution in [3.05, 3.63) is 59.7 Å². The Morgan fingerprint density at radius 2 is 1.80 bits per heavy atom. The van der Waals surface area contributed by atoms with Crippen molar-refractivity contribution in [2.24, 2.45) is 0 Å². The minimum atomic E-state index is -0.966. The molecule has 25 heavy (non-hydrogen) atoms. The summed E-state index contributed by atoms with van der Waals surface area (Å²) in [7, 11) is 0. The Kier molecular flexibility index (Phi) is 6.33. The fourth-order valence-electron chi connectivity index (χ4n) is 2.65. The SMILES string of the molecule is CC1CNCCN1C(=O)c1ccc(Oc2ccc(F)c(F)c2)cc1.Cl. The lowest BCUT2D eigenvalue weighted by Crippen LogP contribution is -2.52. The first-order valence-corrected chi connectivity index (χ1v) is 7.79. The summed E-state index contributed by atoms with van der Waals surface area (Å²) in [6, 6.07) is 10.1. The molecule has 2 aromatic rings. The molecule has 0 saturated carbocycles. The maximum Gasteiger partial charge on any atom is 0.254 e. The van der Waals surface area contributed by atoms with Gasteiger partial charge in [0.2, 0.25) is 0 Å². The molecule has 4 nitrogen and oxygen atoms in total. The second-order valence-corrected chi connectivity index (χ2v) is 5.75. The van der Waals surface area contributed by atoms with E-state index in [2.05, 4.69) is 5.32 Å². The van der Waals surface area contributed by atoms with Crippen LogP contribution in [0.2, 0.25) is 0 Å². The predicted octanol–water partition coefficient (Wildman–Crippen LogP) is 3.61. The highest BCUT2D eigenvalue weighted by Gasteiger charge is 2.23. The number of hydrogen-bond donors (Lipinski definition) is 1. The van der Waals surface area contributed by atoms with E-state index in [9.17, 15) is 13.6 Å². The number of hydrogen-bond acceptors (Lipinski definition) is 3. The number of piperazine rings is 1. The minimum absolute atomic E-state index is 0. The maximum absolute atomic E-state index is 13.2. The van der Waals surface area contributed by atoms with E-state index in [1.807, 2.05) is 11.8 Å². The molecule has 7 heteroatoms. The van der Waals surface area contributed by atoms with Crippen molar-refractivity contribution >= 4 is 18.3 Å². The molecule has 1 saturated heterocycles. The van der Waals surface area contributed by atoms with Crippen LogP contribution in [0.25, 0.3) is 0 Å². The van der Waals surface area contributed by atoms with Gasteiger partial charge in [-0.3, -0.25) is 4.79 Å². The first-order chi connectivity index (χ1) is 11.5. The summed E-state index contributed by atoms with van der Waals surface area (Å²) in [6.07, 6.45) is 0. The number of nitrogens with zero attached hydrogens (tertiary/aromatic N) is 1. The van der Waals surface area contributed by atoms with Gasteiger partial charge in [0, 0.05) is 37.3 Å². The molecular formula is C18H19ClF2N2O2. The molecule has 1 aliphatic rings.